The first-order chi connectivity index (χ1) is 12.9. The van der Waals surface area contributed by atoms with Crippen LogP contribution in [0.2, 0.25) is 0 Å². The zero-order valence-electron chi connectivity index (χ0n) is 15.9. The summed E-state index contributed by atoms with van der Waals surface area (Å²) in [6.07, 6.45) is 0.870. The van der Waals surface area contributed by atoms with Gasteiger partial charge in [0, 0.05) is 0 Å². The van der Waals surface area contributed by atoms with Gasteiger partial charge in [0.15, 0.2) is 12.4 Å². The van der Waals surface area contributed by atoms with Gasteiger partial charge < -0.3 is 14.8 Å². The number of carbonyl (C=O) groups excluding carboxylic acids is 3. The molecule has 0 unspecified atom stereocenters. The maximum absolute atomic E-state index is 12.3. The molecule has 1 aromatic heterocycles. The highest BCUT2D eigenvalue weighted by atomic mass is 32.1. The Labute approximate surface area is 162 Å². The Morgan fingerprint density at radius 3 is 2.56 bits per heavy atom. The van der Waals surface area contributed by atoms with Crippen LogP contribution >= 0.6 is 11.3 Å². The van der Waals surface area contributed by atoms with Crippen LogP contribution in [0.4, 0.5) is 5.00 Å². The number of ether oxygens (including phenoxy) is 2. The number of anilines is 1. The van der Waals surface area contributed by atoms with Crippen molar-refractivity contribution in [3.8, 4) is 5.75 Å². The van der Waals surface area contributed by atoms with E-state index in [0.29, 0.717) is 21.2 Å². The van der Waals surface area contributed by atoms with Gasteiger partial charge in [-0.15, -0.1) is 11.3 Å². The van der Waals surface area contributed by atoms with Crippen LogP contribution in [0.3, 0.4) is 0 Å². The van der Waals surface area contributed by atoms with Crippen molar-refractivity contribution in [1.29, 1.82) is 0 Å². The van der Waals surface area contributed by atoms with E-state index in [1.54, 1.807) is 19.9 Å². The molecule has 6 nitrogen and oxygen atoms in total. The first kappa shape index (κ1) is 20.6. The van der Waals surface area contributed by atoms with Gasteiger partial charge in [0.05, 0.1) is 17.0 Å². The number of carbonyl (C=O) groups is 3. The fourth-order valence-corrected chi connectivity index (χ4v) is 3.66. The van der Waals surface area contributed by atoms with E-state index in [1.807, 2.05) is 25.1 Å². The van der Waals surface area contributed by atoms with Crippen LogP contribution in [0, 0.1) is 6.92 Å². The van der Waals surface area contributed by atoms with Crippen molar-refractivity contribution in [2.45, 2.75) is 34.1 Å². The number of aryl methyl sites for hydroxylation is 1. The SMILES string of the molecule is CCOC(=O)c1c(NC(=O)COc2cccc(CC)c2)sc(C(C)=O)c1C. The van der Waals surface area contributed by atoms with Gasteiger partial charge in [-0.3, -0.25) is 9.59 Å². The minimum atomic E-state index is -0.564. The summed E-state index contributed by atoms with van der Waals surface area (Å²) in [7, 11) is 0. The Bertz CT molecular complexity index is 856. The van der Waals surface area contributed by atoms with E-state index in [1.165, 1.54) is 6.92 Å². The number of rotatable bonds is 8. The lowest BCUT2D eigenvalue weighted by Gasteiger charge is -2.09. The molecule has 0 aliphatic rings. The summed E-state index contributed by atoms with van der Waals surface area (Å²) < 4.78 is 10.6. The van der Waals surface area contributed by atoms with E-state index < -0.39 is 11.9 Å². The number of nitrogens with one attached hydrogen (secondary N) is 1. The van der Waals surface area contributed by atoms with Gasteiger partial charge in [0.1, 0.15) is 10.8 Å². The van der Waals surface area contributed by atoms with Crippen LogP contribution in [-0.4, -0.2) is 30.9 Å². The van der Waals surface area contributed by atoms with E-state index in [0.717, 1.165) is 23.3 Å². The highest BCUT2D eigenvalue weighted by Gasteiger charge is 2.25. The number of hydrogen-bond acceptors (Lipinski definition) is 6. The molecule has 0 fully saturated rings. The summed E-state index contributed by atoms with van der Waals surface area (Å²) >= 11 is 1.07. The Hall–Kier alpha value is -2.67. The van der Waals surface area contributed by atoms with Crippen molar-refractivity contribution in [2.24, 2.45) is 0 Å². The summed E-state index contributed by atoms with van der Waals surface area (Å²) in [6, 6.07) is 7.50. The molecule has 0 spiro atoms. The molecule has 2 aromatic rings. The summed E-state index contributed by atoms with van der Waals surface area (Å²) in [5.74, 6) is -0.553. The number of Topliss-reactive ketones (excluding diaryl/α,β-unsaturated/α-hetero) is 1. The van der Waals surface area contributed by atoms with Crippen LogP contribution < -0.4 is 10.1 Å². The number of ketones is 1. The molecular formula is C20H23NO5S. The first-order valence-electron chi connectivity index (χ1n) is 8.70. The third-order valence-corrected chi connectivity index (χ3v) is 5.18. The molecule has 1 aromatic carbocycles. The second-order valence-electron chi connectivity index (χ2n) is 5.87. The standard InChI is InChI=1S/C20H23NO5S/c1-5-14-8-7-9-15(10-14)26-11-16(23)21-19-17(20(24)25-6-2)12(3)18(27-19)13(4)22/h7-10H,5-6,11H2,1-4H3,(H,21,23). The molecule has 0 bridgehead atoms. The minimum Gasteiger partial charge on any atom is -0.484 e. The van der Waals surface area contributed by atoms with Crippen LogP contribution in [0.5, 0.6) is 5.75 Å². The number of esters is 1. The van der Waals surface area contributed by atoms with Gasteiger partial charge in [0.2, 0.25) is 0 Å². The fourth-order valence-electron chi connectivity index (χ4n) is 2.55. The number of thiophene rings is 1. The summed E-state index contributed by atoms with van der Waals surface area (Å²) in [6.45, 7) is 6.82. The Morgan fingerprint density at radius 1 is 1.19 bits per heavy atom. The summed E-state index contributed by atoms with van der Waals surface area (Å²) in [5.41, 5.74) is 1.84. The molecule has 144 valence electrons. The van der Waals surface area contributed by atoms with Gasteiger partial charge in [0.25, 0.3) is 5.91 Å². The maximum atomic E-state index is 12.3. The smallest absolute Gasteiger partial charge is 0.341 e. The monoisotopic (exact) mass is 389 g/mol. The van der Waals surface area contributed by atoms with Crippen LogP contribution in [0.15, 0.2) is 24.3 Å². The second kappa shape index (κ2) is 9.32. The summed E-state index contributed by atoms with van der Waals surface area (Å²) in [4.78, 5) is 36.8. The number of amides is 1. The van der Waals surface area contributed by atoms with Gasteiger partial charge >= 0.3 is 5.97 Å². The molecule has 0 radical (unpaired) electrons. The van der Waals surface area contributed by atoms with Crippen molar-refractivity contribution in [2.75, 3.05) is 18.5 Å². The lowest BCUT2D eigenvalue weighted by atomic mass is 10.1. The Balaban J connectivity index is 2.15. The average Bonchev–Trinajstić information content (AvgIpc) is 2.96. The first-order valence-corrected chi connectivity index (χ1v) is 9.52. The molecule has 0 aliphatic carbocycles. The fraction of sp³-hybridized carbons (Fsp3) is 0.350. The molecule has 1 N–H and O–H groups in total. The van der Waals surface area contributed by atoms with Crippen LogP contribution in [0.1, 0.15) is 51.9 Å². The maximum Gasteiger partial charge on any atom is 0.341 e. The topological polar surface area (TPSA) is 81.7 Å². The molecule has 7 heteroatoms. The predicted octanol–water partition coefficient (Wildman–Crippen LogP) is 4.02. The third-order valence-electron chi connectivity index (χ3n) is 3.88. The van der Waals surface area contributed by atoms with E-state index in [2.05, 4.69) is 5.32 Å². The lowest BCUT2D eigenvalue weighted by molar-refractivity contribution is -0.118. The minimum absolute atomic E-state index is 0.170. The van der Waals surface area contributed by atoms with Crippen molar-refractivity contribution < 1.29 is 23.9 Å². The van der Waals surface area contributed by atoms with E-state index >= 15 is 0 Å². The number of benzene rings is 1. The van der Waals surface area contributed by atoms with Gasteiger partial charge in [-0.05, 0) is 50.5 Å². The summed E-state index contributed by atoms with van der Waals surface area (Å²) in [5, 5.41) is 2.96. The zero-order valence-corrected chi connectivity index (χ0v) is 16.7. The molecule has 1 heterocycles. The van der Waals surface area contributed by atoms with Crippen LogP contribution in [0.25, 0.3) is 0 Å². The van der Waals surface area contributed by atoms with E-state index in [9.17, 15) is 14.4 Å². The molecule has 27 heavy (non-hydrogen) atoms. The Morgan fingerprint density at radius 2 is 1.93 bits per heavy atom. The number of hydrogen-bond donors (Lipinski definition) is 1. The highest BCUT2D eigenvalue weighted by molar-refractivity contribution is 7.18. The van der Waals surface area contributed by atoms with E-state index in [4.69, 9.17) is 9.47 Å². The van der Waals surface area contributed by atoms with Crippen molar-refractivity contribution in [3.05, 3.63) is 45.8 Å². The molecule has 1 amide bonds. The van der Waals surface area contributed by atoms with Crippen molar-refractivity contribution in [3.63, 3.8) is 0 Å². The van der Waals surface area contributed by atoms with Crippen LogP contribution in [-0.2, 0) is 16.0 Å². The van der Waals surface area contributed by atoms with Gasteiger partial charge in [-0.25, -0.2) is 4.79 Å². The second-order valence-corrected chi connectivity index (χ2v) is 6.90. The normalized spacial score (nSPS) is 10.4. The molecule has 0 atom stereocenters. The highest BCUT2D eigenvalue weighted by Crippen LogP contribution is 2.34. The predicted molar refractivity (Wildman–Crippen MR) is 105 cm³/mol. The quantitative estimate of drug-likeness (QED) is 0.545. The largest absolute Gasteiger partial charge is 0.484 e. The van der Waals surface area contributed by atoms with Gasteiger partial charge in [-0.2, -0.15) is 0 Å². The zero-order chi connectivity index (χ0) is 20.0. The molecule has 0 aliphatic heterocycles. The molecule has 0 saturated carbocycles. The Kier molecular flexibility index (Phi) is 7.12. The lowest BCUT2D eigenvalue weighted by Crippen LogP contribution is -2.21. The molecule has 2 rings (SSSR count). The third kappa shape index (κ3) is 5.17. The van der Waals surface area contributed by atoms with Gasteiger partial charge in [-0.1, -0.05) is 19.1 Å². The average molecular weight is 389 g/mol. The van der Waals surface area contributed by atoms with E-state index in [-0.39, 0.29) is 24.6 Å². The molecular weight excluding hydrogens is 366 g/mol. The molecule has 0 saturated heterocycles. The van der Waals surface area contributed by atoms with Crippen molar-refractivity contribution >= 4 is 34.0 Å². The van der Waals surface area contributed by atoms with Crippen molar-refractivity contribution in [1.82, 2.24) is 0 Å².